The number of carbonyl (C=O) groups excluding carboxylic acids is 1. The zero-order chi connectivity index (χ0) is 19.0. The molecule has 1 aliphatic carbocycles. The maximum atomic E-state index is 13.5. The van der Waals surface area contributed by atoms with Gasteiger partial charge in [0.2, 0.25) is 0 Å². The predicted molar refractivity (Wildman–Crippen MR) is 114 cm³/mol. The number of thiocarbonyl (C=S) groups is 1. The largest absolute Gasteiger partial charge is 0.271 e. The molecule has 1 spiro atoms. The van der Waals surface area contributed by atoms with Gasteiger partial charge in [-0.05, 0) is 56.9 Å². The van der Waals surface area contributed by atoms with E-state index < -0.39 is 5.66 Å². The summed E-state index contributed by atoms with van der Waals surface area (Å²) in [5.41, 5.74) is 2.81. The van der Waals surface area contributed by atoms with Gasteiger partial charge in [-0.3, -0.25) is 14.7 Å². The molecule has 0 N–H and O–H groups in total. The monoisotopic (exact) mass is 396 g/mol. The van der Waals surface area contributed by atoms with Crippen molar-refractivity contribution in [1.82, 2.24) is 4.90 Å². The number of nitrogens with zero attached hydrogens (tertiary/aromatic N) is 2. The Labute approximate surface area is 170 Å². The lowest BCUT2D eigenvalue weighted by atomic mass is 9.88. The third-order valence-electron chi connectivity index (χ3n) is 5.38. The van der Waals surface area contributed by atoms with E-state index in [9.17, 15) is 4.79 Å². The molecule has 1 heterocycles. The summed E-state index contributed by atoms with van der Waals surface area (Å²) < 4.78 is 0. The molecule has 2 aliphatic rings. The summed E-state index contributed by atoms with van der Waals surface area (Å²) in [6, 6.07) is 15.2. The van der Waals surface area contributed by atoms with Crippen LogP contribution in [0.2, 0.25) is 5.02 Å². The Morgan fingerprint density at radius 2 is 1.81 bits per heavy atom. The molecular weight excluding hydrogens is 376 g/mol. The second-order valence-corrected chi connectivity index (χ2v) is 8.15. The topological polar surface area (TPSA) is 32.7 Å². The average molecular weight is 397 g/mol. The van der Waals surface area contributed by atoms with Crippen LogP contribution in [-0.2, 0) is 0 Å². The van der Waals surface area contributed by atoms with Crippen LogP contribution >= 0.6 is 23.8 Å². The predicted octanol–water partition coefficient (Wildman–Crippen LogP) is 5.58. The lowest BCUT2D eigenvalue weighted by Crippen LogP contribution is -2.50. The first-order valence-corrected chi connectivity index (χ1v) is 10.1. The standard InChI is InChI=1S/C22H21ClN2OS/c1-15-6-5-7-17(14-15)20(26)25-21(27)19(16-8-10-18(23)11-9-16)24-22(25)12-3-2-4-13-22/h5-11,14H,2-4,12-13H2,1H3. The number of hydrogen-bond donors (Lipinski definition) is 0. The molecule has 0 radical (unpaired) electrons. The Balaban J connectivity index is 1.77. The summed E-state index contributed by atoms with van der Waals surface area (Å²) in [5.74, 6) is -0.0571. The molecule has 27 heavy (non-hydrogen) atoms. The van der Waals surface area contributed by atoms with Crippen LogP contribution in [0.15, 0.2) is 53.5 Å². The molecule has 2 aromatic rings. The van der Waals surface area contributed by atoms with Crippen molar-refractivity contribution in [1.29, 1.82) is 0 Å². The number of aryl methyl sites for hydroxylation is 1. The highest BCUT2D eigenvalue weighted by Crippen LogP contribution is 2.41. The summed E-state index contributed by atoms with van der Waals surface area (Å²) in [6.45, 7) is 1.99. The minimum absolute atomic E-state index is 0.0571. The van der Waals surface area contributed by atoms with Crippen LogP contribution in [0.25, 0.3) is 0 Å². The quantitative estimate of drug-likeness (QED) is 0.620. The molecule has 1 amide bonds. The molecule has 1 saturated carbocycles. The van der Waals surface area contributed by atoms with Gasteiger partial charge in [0.05, 0.1) is 0 Å². The molecular formula is C22H21ClN2OS. The average Bonchev–Trinajstić information content (AvgIpc) is 2.94. The molecule has 5 heteroatoms. The number of amides is 1. The van der Waals surface area contributed by atoms with Gasteiger partial charge in [0, 0.05) is 16.1 Å². The Morgan fingerprint density at radius 3 is 2.48 bits per heavy atom. The molecule has 1 fully saturated rings. The van der Waals surface area contributed by atoms with E-state index in [2.05, 4.69) is 0 Å². The van der Waals surface area contributed by atoms with Crippen molar-refractivity contribution in [2.24, 2.45) is 4.99 Å². The maximum absolute atomic E-state index is 13.5. The van der Waals surface area contributed by atoms with Crippen molar-refractivity contribution < 1.29 is 4.79 Å². The molecule has 0 saturated heterocycles. The van der Waals surface area contributed by atoms with Crippen molar-refractivity contribution in [3.05, 3.63) is 70.2 Å². The number of benzene rings is 2. The van der Waals surface area contributed by atoms with Gasteiger partial charge in [0.25, 0.3) is 5.91 Å². The van der Waals surface area contributed by atoms with Gasteiger partial charge in [-0.15, -0.1) is 0 Å². The van der Waals surface area contributed by atoms with Crippen LogP contribution in [0, 0.1) is 6.92 Å². The minimum atomic E-state index is -0.550. The van der Waals surface area contributed by atoms with E-state index in [0.29, 0.717) is 15.6 Å². The van der Waals surface area contributed by atoms with Gasteiger partial charge in [0.1, 0.15) is 16.4 Å². The normalized spacial score (nSPS) is 18.7. The highest BCUT2D eigenvalue weighted by molar-refractivity contribution is 7.82. The van der Waals surface area contributed by atoms with Crippen molar-refractivity contribution in [2.75, 3.05) is 0 Å². The van der Waals surface area contributed by atoms with E-state index in [1.54, 1.807) is 4.90 Å². The second-order valence-electron chi connectivity index (χ2n) is 7.33. The van der Waals surface area contributed by atoms with E-state index in [1.807, 2.05) is 55.5 Å². The van der Waals surface area contributed by atoms with Crippen LogP contribution in [0.4, 0.5) is 0 Å². The lowest BCUT2D eigenvalue weighted by molar-refractivity contribution is 0.0648. The van der Waals surface area contributed by atoms with Crippen LogP contribution < -0.4 is 0 Å². The summed E-state index contributed by atoms with van der Waals surface area (Å²) in [7, 11) is 0. The lowest BCUT2D eigenvalue weighted by Gasteiger charge is -2.38. The number of hydrogen-bond acceptors (Lipinski definition) is 3. The van der Waals surface area contributed by atoms with Gasteiger partial charge < -0.3 is 0 Å². The molecule has 0 unspecified atom stereocenters. The Hall–Kier alpha value is -2.04. The van der Waals surface area contributed by atoms with E-state index in [0.717, 1.165) is 42.5 Å². The zero-order valence-corrected chi connectivity index (χ0v) is 16.8. The number of rotatable bonds is 2. The zero-order valence-electron chi connectivity index (χ0n) is 15.2. The maximum Gasteiger partial charge on any atom is 0.260 e. The molecule has 2 aromatic carbocycles. The highest BCUT2D eigenvalue weighted by atomic mass is 35.5. The first kappa shape index (κ1) is 18.3. The third-order valence-corrected chi connectivity index (χ3v) is 6.01. The summed E-state index contributed by atoms with van der Waals surface area (Å²) in [6.07, 6.45) is 4.98. The van der Waals surface area contributed by atoms with Crippen molar-refractivity contribution in [3.63, 3.8) is 0 Å². The minimum Gasteiger partial charge on any atom is -0.271 e. The molecule has 1 aliphatic heterocycles. The van der Waals surface area contributed by atoms with Gasteiger partial charge in [-0.1, -0.05) is 60.1 Å². The van der Waals surface area contributed by atoms with Crippen LogP contribution in [0.3, 0.4) is 0 Å². The smallest absolute Gasteiger partial charge is 0.260 e. The van der Waals surface area contributed by atoms with E-state index in [-0.39, 0.29) is 5.91 Å². The van der Waals surface area contributed by atoms with E-state index in [4.69, 9.17) is 28.8 Å². The fraction of sp³-hybridized carbons (Fsp3) is 0.318. The van der Waals surface area contributed by atoms with Crippen molar-refractivity contribution >= 4 is 40.4 Å². The molecule has 4 rings (SSSR count). The first-order valence-electron chi connectivity index (χ1n) is 9.32. The fourth-order valence-electron chi connectivity index (χ4n) is 4.04. The van der Waals surface area contributed by atoms with Crippen molar-refractivity contribution in [3.8, 4) is 0 Å². The van der Waals surface area contributed by atoms with Gasteiger partial charge in [-0.2, -0.15) is 0 Å². The number of aliphatic imine (C=N–C) groups is 1. The van der Waals surface area contributed by atoms with E-state index >= 15 is 0 Å². The Bertz CT molecular complexity index is 930. The number of carbonyl (C=O) groups is 1. The summed E-state index contributed by atoms with van der Waals surface area (Å²) in [4.78, 5) is 20.8. The third kappa shape index (κ3) is 3.32. The SMILES string of the molecule is Cc1cccc(C(=O)N2C(=S)C(c3ccc(Cl)cc3)=NC23CCCCC3)c1. The molecule has 3 nitrogen and oxygen atoms in total. The highest BCUT2D eigenvalue weighted by Gasteiger charge is 2.48. The van der Waals surface area contributed by atoms with Crippen molar-refractivity contribution in [2.45, 2.75) is 44.7 Å². The molecule has 0 aromatic heterocycles. The molecule has 0 bridgehead atoms. The van der Waals surface area contributed by atoms with Crippen LogP contribution in [0.1, 0.15) is 53.6 Å². The fourth-order valence-corrected chi connectivity index (χ4v) is 4.58. The van der Waals surface area contributed by atoms with Crippen LogP contribution in [0.5, 0.6) is 0 Å². The van der Waals surface area contributed by atoms with Crippen LogP contribution in [-0.4, -0.2) is 27.2 Å². The Kier molecular flexibility index (Phi) is 4.87. The number of halogens is 1. The van der Waals surface area contributed by atoms with Gasteiger partial charge in [0.15, 0.2) is 0 Å². The molecule has 0 atom stereocenters. The van der Waals surface area contributed by atoms with Gasteiger partial charge >= 0.3 is 0 Å². The second kappa shape index (κ2) is 7.17. The molecule has 138 valence electrons. The summed E-state index contributed by atoms with van der Waals surface area (Å²) >= 11 is 11.8. The first-order chi connectivity index (χ1) is 13.0. The van der Waals surface area contributed by atoms with Gasteiger partial charge in [-0.25, -0.2) is 0 Å². The van der Waals surface area contributed by atoms with E-state index in [1.165, 1.54) is 6.42 Å². The Morgan fingerprint density at radius 1 is 1.11 bits per heavy atom. The summed E-state index contributed by atoms with van der Waals surface area (Å²) in [5, 5.41) is 0.670.